The van der Waals surface area contributed by atoms with Gasteiger partial charge in [-0.15, -0.1) is 0 Å². The number of carbonyl (C=O) groups excluding carboxylic acids is 1. The molecule has 0 saturated heterocycles. The summed E-state index contributed by atoms with van der Waals surface area (Å²) in [5, 5.41) is 2.82. The second-order valence-corrected chi connectivity index (χ2v) is 4.30. The molecule has 0 atom stereocenters. The number of hydrogen-bond acceptors (Lipinski definition) is 3. The summed E-state index contributed by atoms with van der Waals surface area (Å²) in [4.78, 5) is 17.7. The van der Waals surface area contributed by atoms with Crippen LogP contribution in [0, 0.1) is 6.92 Å². The Labute approximate surface area is 106 Å². The van der Waals surface area contributed by atoms with E-state index in [1.165, 1.54) is 16.5 Å². The third kappa shape index (κ3) is 2.51. The van der Waals surface area contributed by atoms with E-state index in [0.717, 1.165) is 11.4 Å². The quantitative estimate of drug-likeness (QED) is 0.882. The molecule has 94 valence electrons. The molecule has 0 bridgehead atoms. The number of anilines is 2. The Hall–Kier alpha value is -2.30. The summed E-state index contributed by atoms with van der Waals surface area (Å²) in [7, 11) is 3.95. The van der Waals surface area contributed by atoms with Crippen LogP contribution in [0.15, 0.2) is 36.9 Å². The molecule has 0 radical (unpaired) electrons. The molecule has 1 heterocycles. The van der Waals surface area contributed by atoms with Gasteiger partial charge >= 0.3 is 6.03 Å². The minimum atomic E-state index is -0.221. The molecule has 2 rings (SSSR count). The van der Waals surface area contributed by atoms with Crippen LogP contribution in [0.3, 0.4) is 0 Å². The molecule has 0 aliphatic carbocycles. The SMILES string of the molecule is Cc1ccc(NC(=O)n2ccnc2)cc1N(C)C. The number of aryl methyl sites for hydroxylation is 1. The lowest BCUT2D eigenvalue weighted by Gasteiger charge is -2.17. The molecule has 0 spiro atoms. The van der Waals surface area contributed by atoms with Crippen LogP contribution in [0.4, 0.5) is 16.2 Å². The number of hydrogen-bond donors (Lipinski definition) is 1. The summed E-state index contributed by atoms with van der Waals surface area (Å²) in [6, 6.07) is 5.60. The maximum Gasteiger partial charge on any atom is 0.331 e. The number of rotatable bonds is 2. The first-order chi connectivity index (χ1) is 8.58. The number of benzene rings is 1. The van der Waals surface area contributed by atoms with E-state index in [2.05, 4.69) is 10.3 Å². The van der Waals surface area contributed by atoms with E-state index in [1.54, 1.807) is 12.4 Å². The number of imidazole rings is 1. The van der Waals surface area contributed by atoms with Gasteiger partial charge in [0.05, 0.1) is 0 Å². The lowest BCUT2D eigenvalue weighted by molar-refractivity contribution is 0.253. The highest BCUT2D eigenvalue weighted by Crippen LogP contribution is 2.22. The first-order valence-electron chi connectivity index (χ1n) is 5.65. The molecule has 5 heteroatoms. The Morgan fingerprint density at radius 2 is 2.17 bits per heavy atom. The number of nitrogens with zero attached hydrogens (tertiary/aromatic N) is 3. The van der Waals surface area contributed by atoms with Crippen LogP contribution in [0.2, 0.25) is 0 Å². The van der Waals surface area contributed by atoms with Crippen molar-refractivity contribution in [3.63, 3.8) is 0 Å². The van der Waals surface area contributed by atoms with E-state index in [1.807, 2.05) is 44.1 Å². The van der Waals surface area contributed by atoms with Gasteiger partial charge in [0, 0.05) is 37.9 Å². The van der Waals surface area contributed by atoms with Crippen molar-refractivity contribution >= 4 is 17.4 Å². The van der Waals surface area contributed by atoms with Crippen LogP contribution in [0.25, 0.3) is 0 Å². The van der Waals surface area contributed by atoms with Crippen LogP contribution >= 0.6 is 0 Å². The first-order valence-corrected chi connectivity index (χ1v) is 5.65. The summed E-state index contributed by atoms with van der Waals surface area (Å²) in [5.41, 5.74) is 3.02. The maximum atomic E-state index is 11.8. The van der Waals surface area contributed by atoms with E-state index in [9.17, 15) is 4.79 Å². The number of carbonyl (C=O) groups is 1. The molecule has 0 fully saturated rings. The van der Waals surface area contributed by atoms with Gasteiger partial charge in [-0.05, 0) is 24.6 Å². The third-order valence-corrected chi connectivity index (χ3v) is 2.68. The van der Waals surface area contributed by atoms with E-state index < -0.39 is 0 Å². The number of amides is 1. The van der Waals surface area contributed by atoms with Crippen LogP contribution in [0.1, 0.15) is 5.56 Å². The monoisotopic (exact) mass is 244 g/mol. The predicted octanol–water partition coefficient (Wildman–Crippen LogP) is 2.34. The largest absolute Gasteiger partial charge is 0.377 e. The molecular formula is C13H16N4O. The molecule has 0 unspecified atom stereocenters. The molecule has 0 aliphatic rings. The van der Waals surface area contributed by atoms with Crippen LogP contribution in [-0.4, -0.2) is 29.7 Å². The Balaban J connectivity index is 2.20. The van der Waals surface area contributed by atoms with Crippen molar-refractivity contribution in [1.29, 1.82) is 0 Å². The molecule has 2 aromatic rings. The minimum Gasteiger partial charge on any atom is -0.377 e. The summed E-state index contributed by atoms with van der Waals surface area (Å²) < 4.78 is 1.40. The van der Waals surface area contributed by atoms with Gasteiger partial charge in [0.15, 0.2) is 0 Å². The Morgan fingerprint density at radius 1 is 1.39 bits per heavy atom. The van der Waals surface area contributed by atoms with Crippen molar-refractivity contribution in [1.82, 2.24) is 9.55 Å². The Bertz CT molecular complexity index is 546. The van der Waals surface area contributed by atoms with Crippen LogP contribution in [0.5, 0.6) is 0 Å². The summed E-state index contributed by atoms with van der Waals surface area (Å²) in [6.07, 6.45) is 4.65. The molecular weight excluding hydrogens is 228 g/mol. The van der Waals surface area contributed by atoms with E-state index in [4.69, 9.17) is 0 Å². The van der Waals surface area contributed by atoms with Gasteiger partial charge in [0.25, 0.3) is 0 Å². The lowest BCUT2D eigenvalue weighted by Crippen LogP contribution is -2.18. The lowest BCUT2D eigenvalue weighted by atomic mass is 10.1. The Morgan fingerprint density at radius 3 is 2.78 bits per heavy atom. The number of aromatic nitrogens is 2. The Kier molecular flexibility index (Phi) is 3.32. The molecule has 0 aliphatic heterocycles. The van der Waals surface area contributed by atoms with Crippen molar-refractivity contribution < 1.29 is 4.79 Å². The van der Waals surface area contributed by atoms with E-state index in [0.29, 0.717) is 0 Å². The maximum absolute atomic E-state index is 11.8. The molecule has 1 amide bonds. The van der Waals surface area contributed by atoms with Crippen LogP contribution < -0.4 is 10.2 Å². The molecule has 5 nitrogen and oxygen atoms in total. The molecule has 1 aromatic carbocycles. The highest BCUT2D eigenvalue weighted by Gasteiger charge is 2.06. The van der Waals surface area contributed by atoms with Crippen LogP contribution in [-0.2, 0) is 0 Å². The fraction of sp³-hybridized carbons (Fsp3) is 0.231. The summed E-state index contributed by atoms with van der Waals surface area (Å²) in [6.45, 7) is 2.04. The molecule has 1 aromatic heterocycles. The standard InChI is InChI=1S/C13H16N4O/c1-10-4-5-11(8-12(10)16(2)3)15-13(18)17-7-6-14-9-17/h4-9H,1-3H3,(H,15,18). The van der Waals surface area contributed by atoms with Crippen molar-refractivity contribution in [3.8, 4) is 0 Å². The predicted molar refractivity (Wildman–Crippen MR) is 72.1 cm³/mol. The zero-order valence-electron chi connectivity index (χ0n) is 10.7. The number of nitrogens with one attached hydrogen (secondary N) is 1. The normalized spacial score (nSPS) is 10.2. The van der Waals surface area contributed by atoms with Gasteiger partial charge in [0.2, 0.25) is 0 Å². The zero-order valence-corrected chi connectivity index (χ0v) is 10.7. The smallest absolute Gasteiger partial charge is 0.331 e. The fourth-order valence-corrected chi connectivity index (χ4v) is 1.74. The molecule has 1 N–H and O–H groups in total. The van der Waals surface area contributed by atoms with Gasteiger partial charge < -0.3 is 10.2 Å². The second kappa shape index (κ2) is 4.91. The van der Waals surface area contributed by atoms with Crippen molar-refractivity contribution in [3.05, 3.63) is 42.5 Å². The summed E-state index contributed by atoms with van der Waals surface area (Å²) >= 11 is 0. The first kappa shape index (κ1) is 12.2. The summed E-state index contributed by atoms with van der Waals surface area (Å²) in [5.74, 6) is 0. The average molecular weight is 244 g/mol. The van der Waals surface area contributed by atoms with E-state index >= 15 is 0 Å². The average Bonchev–Trinajstić information content (AvgIpc) is 2.85. The van der Waals surface area contributed by atoms with E-state index in [-0.39, 0.29) is 6.03 Å². The van der Waals surface area contributed by atoms with Crippen molar-refractivity contribution in [2.75, 3.05) is 24.3 Å². The van der Waals surface area contributed by atoms with Gasteiger partial charge in [-0.25, -0.2) is 9.78 Å². The van der Waals surface area contributed by atoms with Crippen molar-refractivity contribution in [2.24, 2.45) is 0 Å². The van der Waals surface area contributed by atoms with Gasteiger partial charge in [-0.3, -0.25) is 4.57 Å². The highest BCUT2D eigenvalue weighted by molar-refractivity contribution is 5.91. The molecule has 18 heavy (non-hydrogen) atoms. The molecule has 0 saturated carbocycles. The minimum absolute atomic E-state index is 0.221. The highest BCUT2D eigenvalue weighted by atomic mass is 16.2. The fourth-order valence-electron chi connectivity index (χ4n) is 1.74. The second-order valence-electron chi connectivity index (χ2n) is 4.30. The van der Waals surface area contributed by atoms with Gasteiger partial charge in [0.1, 0.15) is 6.33 Å². The third-order valence-electron chi connectivity index (χ3n) is 2.68. The topological polar surface area (TPSA) is 50.2 Å². The van der Waals surface area contributed by atoms with Crippen molar-refractivity contribution in [2.45, 2.75) is 6.92 Å². The van der Waals surface area contributed by atoms with Gasteiger partial charge in [-0.2, -0.15) is 0 Å². The van der Waals surface area contributed by atoms with Gasteiger partial charge in [-0.1, -0.05) is 6.07 Å². The zero-order chi connectivity index (χ0) is 13.1.